The zero-order valence-electron chi connectivity index (χ0n) is 18.6. The summed E-state index contributed by atoms with van der Waals surface area (Å²) in [4.78, 5) is 32.6. The average Bonchev–Trinajstić information content (AvgIpc) is 2.87. The smallest absolute Gasteiger partial charge is 0.272 e. The first-order chi connectivity index (χ1) is 15.2. The number of hydrogen-bond donors (Lipinski definition) is 1. The fourth-order valence-electron chi connectivity index (χ4n) is 4.01. The zero-order valence-corrected chi connectivity index (χ0v) is 18.6. The van der Waals surface area contributed by atoms with E-state index in [0.29, 0.717) is 56.4 Å². The molecule has 2 aromatic rings. The van der Waals surface area contributed by atoms with Crippen LogP contribution in [-0.2, 0) is 22.5 Å². The molecule has 1 atom stereocenters. The summed E-state index contributed by atoms with van der Waals surface area (Å²) in [7, 11) is 0. The Morgan fingerprint density at radius 3 is 2.50 bits per heavy atom. The number of nitrogens with zero attached hydrogens (tertiary/aromatic N) is 3. The van der Waals surface area contributed by atoms with Gasteiger partial charge in [-0.3, -0.25) is 9.59 Å². The summed E-state index contributed by atoms with van der Waals surface area (Å²) in [5.74, 6) is -2.13. The number of carbonyl (C=O) groups is 2. The van der Waals surface area contributed by atoms with E-state index in [2.05, 4.69) is 10.3 Å². The summed E-state index contributed by atoms with van der Waals surface area (Å²) < 4.78 is 34.7. The van der Waals surface area contributed by atoms with Gasteiger partial charge in [0.05, 0.1) is 18.9 Å². The summed E-state index contributed by atoms with van der Waals surface area (Å²) in [5, 5.41) is 2.90. The van der Waals surface area contributed by atoms with Crippen molar-refractivity contribution in [3.05, 3.63) is 41.2 Å². The lowest BCUT2D eigenvalue weighted by Crippen LogP contribution is -2.57. The van der Waals surface area contributed by atoms with E-state index in [4.69, 9.17) is 4.74 Å². The van der Waals surface area contributed by atoms with Crippen molar-refractivity contribution >= 4 is 11.8 Å². The van der Waals surface area contributed by atoms with Crippen LogP contribution in [0.3, 0.4) is 0 Å². The topological polar surface area (TPSA) is 76.5 Å². The van der Waals surface area contributed by atoms with Gasteiger partial charge in [0.25, 0.3) is 5.91 Å². The first-order valence-electron chi connectivity index (χ1n) is 10.9. The normalized spacial score (nSPS) is 17.2. The number of ether oxygens (including phenoxy) is 1. The van der Waals surface area contributed by atoms with E-state index in [9.17, 15) is 18.4 Å². The van der Waals surface area contributed by atoms with Gasteiger partial charge in [-0.2, -0.15) is 0 Å². The second-order valence-electron chi connectivity index (χ2n) is 9.32. The van der Waals surface area contributed by atoms with Crippen molar-refractivity contribution in [2.24, 2.45) is 5.41 Å². The molecular formula is C23H28F2N4O3. The van der Waals surface area contributed by atoms with Gasteiger partial charge in [0, 0.05) is 31.6 Å². The van der Waals surface area contributed by atoms with Crippen molar-refractivity contribution in [2.75, 3.05) is 26.3 Å². The molecule has 2 aliphatic heterocycles. The molecule has 1 aromatic heterocycles. The SMILES string of the molecule is CC(C)(C)[C@H](NC(=O)c1nc(-c2ccc(F)c(F)c2)n2c1CCOCC2)C(=O)N1CCC1. The molecule has 4 rings (SSSR count). The molecule has 1 fully saturated rings. The number of carbonyl (C=O) groups excluding carboxylic acids is 2. The average molecular weight is 446 g/mol. The largest absolute Gasteiger partial charge is 0.379 e. The second kappa shape index (κ2) is 8.61. The number of likely N-dealkylation sites (tertiary alicyclic amines) is 1. The van der Waals surface area contributed by atoms with Gasteiger partial charge in [-0.15, -0.1) is 0 Å². The molecule has 3 heterocycles. The molecule has 0 unspecified atom stereocenters. The van der Waals surface area contributed by atoms with Crippen molar-refractivity contribution in [1.82, 2.24) is 19.8 Å². The number of rotatable bonds is 4. The second-order valence-corrected chi connectivity index (χ2v) is 9.32. The lowest BCUT2D eigenvalue weighted by molar-refractivity contribution is -0.139. The highest BCUT2D eigenvalue weighted by Gasteiger charge is 2.38. The summed E-state index contributed by atoms with van der Waals surface area (Å²) in [6.07, 6.45) is 1.41. The Bertz CT molecular complexity index is 1040. The number of halogens is 2. The first kappa shape index (κ1) is 22.4. The van der Waals surface area contributed by atoms with Crippen LogP contribution in [0.5, 0.6) is 0 Å². The Hall–Kier alpha value is -2.81. The fourth-order valence-corrected chi connectivity index (χ4v) is 4.01. The number of aromatic nitrogens is 2. The summed E-state index contributed by atoms with van der Waals surface area (Å²) in [6, 6.07) is 2.85. The first-order valence-corrected chi connectivity index (χ1v) is 10.9. The number of imidazole rings is 1. The van der Waals surface area contributed by atoms with Crippen molar-refractivity contribution in [3.63, 3.8) is 0 Å². The molecule has 0 bridgehead atoms. The van der Waals surface area contributed by atoms with E-state index in [1.54, 1.807) is 4.90 Å². The van der Waals surface area contributed by atoms with Gasteiger partial charge in [-0.1, -0.05) is 20.8 Å². The number of nitrogens with one attached hydrogen (secondary N) is 1. The predicted molar refractivity (Wildman–Crippen MR) is 114 cm³/mol. The summed E-state index contributed by atoms with van der Waals surface area (Å²) >= 11 is 0. The highest BCUT2D eigenvalue weighted by atomic mass is 19.2. The molecule has 7 nitrogen and oxygen atoms in total. The Balaban J connectivity index is 1.70. The molecule has 0 radical (unpaired) electrons. The molecule has 1 aromatic carbocycles. The predicted octanol–water partition coefficient (Wildman–Crippen LogP) is 2.78. The van der Waals surface area contributed by atoms with Crippen LogP contribution in [0.25, 0.3) is 11.4 Å². The van der Waals surface area contributed by atoms with Crippen LogP contribution in [-0.4, -0.2) is 58.6 Å². The van der Waals surface area contributed by atoms with E-state index < -0.39 is 29.0 Å². The van der Waals surface area contributed by atoms with E-state index in [1.165, 1.54) is 6.07 Å². The molecule has 32 heavy (non-hydrogen) atoms. The van der Waals surface area contributed by atoms with Gasteiger partial charge in [-0.25, -0.2) is 13.8 Å². The van der Waals surface area contributed by atoms with Crippen LogP contribution in [0.2, 0.25) is 0 Å². The molecule has 172 valence electrons. The molecule has 1 saturated heterocycles. The molecule has 2 amide bonds. The number of hydrogen-bond acceptors (Lipinski definition) is 4. The third-order valence-electron chi connectivity index (χ3n) is 5.96. The van der Waals surface area contributed by atoms with Crippen LogP contribution in [0.4, 0.5) is 8.78 Å². The number of fused-ring (bicyclic) bond motifs is 1. The van der Waals surface area contributed by atoms with Gasteiger partial charge >= 0.3 is 0 Å². The van der Waals surface area contributed by atoms with Crippen molar-refractivity contribution in [1.29, 1.82) is 0 Å². The van der Waals surface area contributed by atoms with Crippen LogP contribution in [0.1, 0.15) is 43.4 Å². The van der Waals surface area contributed by atoms with Crippen LogP contribution >= 0.6 is 0 Å². The monoisotopic (exact) mass is 446 g/mol. The van der Waals surface area contributed by atoms with Gasteiger partial charge < -0.3 is 19.5 Å². The maximum Gasteiger partial charge on any atom is 0.272 e. The van der Waals surface area contributed by atoms with E-state index in [1.807, 2.05) is 25.3 Å². The molecule has 9 heteroatoms. The zero-order chi connectivity index (χ0) is 23.0. The van der Waals surface area contributed by atoms with Crippen LogP contribution < -0.4 is 5.32 Å². The fraction of sp³-hybridized carbons (Fsp3) is 0.522. The van der Waals surface area contributed by atoms with Gasteiger partial charge in [0.2, 0.25) is 5.91 Å². The van der Waals surface area contributed by atoms with Gasteiger partial charge in [-0.05, 0) is 30.0 Å². The van der Waals surface area contributed by atoms with E-state index in [0.717, 1.165) is 18.6 Å². The summed E-state index contributed by atoms with van der Waals surface area (Å²) in [5.41, 5.74) is 0.713. The van der Waals surface area contributed by atoms with Crippen molar-refractivity contribution < 1.29 is 23.1 Å². The van der Waals surface area contributed by atoms with Gasteiger partial charge in [0.15, 0.2) is 11.6 Å². The summed E-state index contributed by atoms with van der Waals surface area (Å²) in [6.45, 7) is 8.37. The van der Waals surface area contributed by atoms with Crippen LogP contribution in [0.15, 0.2) is 18.2 Å². The third-order valence-corrected chi connectivity index (χ3v) is 5.96. The number of amides is 2. The van der Waals surface area contributed by atoms with E-state index >= 15 is 0 Å². The molecule has 2 aliphatic rings. The quantitative estimate of drug-likeness (QED) is 0.784. The Morgan fingerprint density at radius 2 is 1.88 bits per heavy atom. The number of benzene rings is 1. The van der Waals surface area contributed by atoms with Crippen LogP contribution in [0, 0.1) is 17.0 Å². The molecule has 1 N–H and O–H groups in total. The minimum absolute atomic E-state index is 0.105. The molecule has 0 spiro atoms. The highest BCUT2D eigenvalue weighted by molar-refractivity contribution is 5.98. The van der Waals surface area contributed by atoms with E-state index in [-0.39, 0.29) is 11.6 Å². The Labute approximate surface area is 185 Å². The maximum absolute atomic E-state index is 13.9. The maximum atomic E-state index is 13.9. The van der Waals surface area contributed by atoms with Crippen molar-refractivity contribution in [3.8, 4) is 11.4 Å². The Morgan fingerprint density at radius 1 is 1.12 bits per heavy atom. The standard InChI is InChI=1S/C23H28F2N4O3/c1-23(2,3)19(22(31)28-8-4-9-28)27-21(30)18-17-7-11-32-12-10-29(17)20(26-18)14-5-6-15(24)16(25)13-14/h5-6,13,19H,4,7-12H2,1-3H3,(H,27,30)/t19-/m1/s1. The minimum atomic E-state index is -0.983. The molecular weight excluding hydrogens is 418 g/mol. The molecule has 0 saturated carbocycles. The van der Waals surface area contributed by atoms with Crippen molar-refractivity contribution in [2.45, 2.75) is 46.2 Å². The third kappa shape index (κ3) is 4.26. The lowest BCUT2D eigenvalue weighted by Gasteiger charge is -2.38. The molecule has 0 aliphatic carbocycles. The van der Waals surface area contributed by atoms with Gasteiger partial charge in [0.1, 0.15) is 17.6 Å². The highest BCUT2D eigenvalue weighted by Crippen LogP contribution is 2.28. The minimum Gasteiger partial charge on any atom is -0.379 e. The Kier molecular flexibility index (Phi) is 6.03. The lowest BCUT2D eigenvalue weighted by atomic mass is 9.85.